The van der Waals surface area contributed by atoms with Crippen LogP contribution in [-0.2, 0) is 16.8 Å². The Morgan fingerprint density at radius 2 is 1.79 bits per heavy atom. The number of carbonyl (C=O) groups excluding carboxylic acids is 1. The zero-order valence-electron chi connectivity index (χ0n) is 16.9. The third-order valence-corrected chi connectivity index (χ3v) is 6.56. The average Bonchev–Trinajstić information content (AvgIpc) is 2.66. The smallest absolute Gasteiger partial charge is 0.233 e. The lowest BCUT2D eigenvalue weighted by atomic mass is 9.43. The number of ether oxygens (including phenoxy) is 2. The van der Waals surface area contributed by atoms with Crippen LogP contribution in [-0.4, -0.2) is 37.1 Å². The predicted molar refractivity (Wildman–Crippen MR) is 107 cm³/mol. The fraction of sp³-hybridized carbons (Fsp3) is 0.478. The summed E-state index contributed by atoms with van der Waals surface area (Å²) in [5.41, 5.74) is 1.88. The van der Waals surface area contributed by atoms with Gasteiger partial charge in [0.2, 0.25) is 11.8 Å². The molecule has 0 saturated heterocycles. The topological polar surface area (TPSA) is 51.7 Å². The Balaban J connectivity index is 1.57. The van der Waals surface area contributed by atoms with Gasteiger partial charge >= 0.3 is 0 Å². The highest BCUT2D eigenvalue weighted by Crippen LogP contribution is 2.65. The summed E-state index contributed by atoms with van der Waals surface area (Å²) < 4.78 is 10.5. The van der Waals surface area contributed by atoms with E-state index in [0.29, 0.717) is 17.8 Å². The van der Waals surface area contributed by atoms with Crippen molar-refractivity contribution in [2.75, 3.05) is 21.3 Å². The standard InChI is InChI=1S/C23H28N2O3/c1-25(14-18-6-4-7-20(24-18)28-3)21(26)23(15-22(16-23)12-5-13-22)17-8-10-19(27-2)11-9-17/h4,6-11H,5,12-16H2,1-3H3. The average molecular weight is 380 g/mol. The number of methoxy groups -OCH3 is 2. The molecule has 2 aliphatic rings. The quantitative estimate of drug-likeness (QED) is 0.761. The maximum absolute atomic E-state index is 13.6. The van der Waals surface area contributed by atoms with Crippen LogP contribution in [0, 0.1) is 5.41 Å². The second-order valence-electron chi connectivity index (χ2n) is 8.35. The first-order valence-electron chi connectivity index (χ1n) is 9.90. The van der Waals surface area contributed by atoms with Gasteiger partial charge in [0, 0.05) is 13.1 Å². The molecule has 2 saturated carbocycles. The molecule has 0 radical (unpaired) electrons. The lowest BCUT2D eigenvalue weighted by molar-refractivity contribution is -0.152. The van der Waals surface area contributed by atoms with Crippen LogP contribution in [0.5, 0.6) is 11.6 Å². The summed E-state index contributed by atoms with van der Waals surface area (Å²) in [7, 11) is 5.14. The number of benzene rings is 1. The molecule has 0 unspecified atom stereocenters. The molecule has 0 bridgehead atoms. The van der Waals surface area contributed by atoms with Gasteiger partial charge in [0.1, 0.15) is 5.75 Å². The third-order valence-electron chi connectivity index (χ3n) is 6.56. The van der Waals surface area contributed by atoms with Crippen molar-refractivity contribution >= 4 is 5.91 Å². The number of rotatable bonds is 6. The van der Waals surface area contributed by atoms with Crippen molar-refractivity contribution in [2.24, 2.45) is 5.41 Å². The Labute approximate surface area is 166 Å². The summed E-state index contributed by atoms with van der Waals surface area (Å²) in [5.74, 6) is 1.57. The molecule has 0 atom stereocenters. The van der Waals surface area contributed by atoms with Crippen molar-refractivity contribution in [3.8, 4) is 11.6 Å². The number of likely N-dealkylation sites (N-methyl/N-ethyl adjacent to an activating group) is 1. The van der Waals surface area contributed by atoms with Crippen molar-refractivity contribution in [2.45, 2.75) is 44.1 Å². The van der Waals surface area contributed by atoms with Gasteiger partial charge in [-0.2, -0.15) is 0 Å². The number of aromatic nitrogens is 1. The molecular weight excluding hydrogens is 352 g/mol. The first-order valence-corrected chi connectivity index (χ1v) is 9.90. The number of amides is 1. The van der Waals surface area contributed by atoms with Crippen molar-refractivity contribution in [1.29, 1.82) is 0 Å². The molecule has 1 amide bonds. The van der Waals surface area contributed by atoms with Crippen molar-refractivity contribution < 1.29 is 14.3 Å². The summed E-state index contributed by atoms with van der Waals surface area (Å²) in [5, 5.41) is 0. The molecule has 2 aromatic rings. The molecule has 0 aliphatic heterocycles. The second kappa shape index (κ2) is 7.12. The maximum Gasteiger partial charge on any atom is 0.233 e. The normalized spacial score (nSPS) is 18.7. The van der Waals surface area contributed by atoms with Gasteiger partial charge in [-0.25, -0.2) is 4.98 Å². The van der Waals surface area contributed by atoms with Crippen molar-refractivity contribution in [3.63, 3.8) is 0 Å². The minimum atomic E-state index is -0.430. The van der Waals surface area contributed by atoms with Gasteiger partial charge in [-0.05, 0) is 54.9 Å². The van der Waals surface area contributed by atoms with E-state index >= 15 is 0 Å². The number of hydrogen-bond acceptors (Lipinski definition) is 4. The van der Waals surface area contributed by atoms with E-state index in [4.69, 9.17) is 9.47 Å². The molecule has 1 spiro atoms. The van der Waals surface area contributed by atoms with Gasteiger partial charge in [-0.15, -0.1) is 0 Å². The van der Waals surface area contributed by atoms with E-state index in [1.807, 2.05) is 42.3 Å². The molecule has 2 fully saturated rings. The van der Waals surface area contributed by atoms with Crippen LogP contribution in [0.25, 0.3) is 0 Å². The first kappa shape index (κ1) is 18.8. The number of pyridine rings is 1. The highest BCUT2D eigenvalue weighted by atomic mass is 16.5. The van der Waals surface area contributed by atoms with Crippen LogP contribution in [0.4, 0.5) is 0 Å². The van der Waals surface area contributed by atoms with E-state index in [2.05, 4.69) is 17.1 Å². The van der Waals surface area contributed by atoms with Crippen molar-refractivity contribution in [1.82, 2.24) is 9.88 Å². The van der Waals surface area contributed by atoms with E-state index in [-0.39, 0.29) is 5.91 Å². The number of hydrogen-bond donors (Lipinski definition) is 0. The summed E-state index contributed by atoms with van der Waals surface area (Å²) in [4.78, 5) is 19.9. The zero-order valence-corrected chi connectivity index (χ0v) is 16.9. The molecule has 1 aromatic carbocycles. The maximum atomic E-state index is 13.6. The number of carbonyl (C=O) groups is 1. The fourth-order valence-electron chi connectivity index (χ4n) is 4.99. The van der Waals surface area contributed by atoms with Crippen LogP contribution in [0.3, 0.4) is 0 Å². The zero-order chi connectivity index (χ0) is 19.8. The Bertz CT molecular complexity index is 850. The molecule has 1 heterocycles. The van der Waals surface area contributed by atoms with E-state index < -0.39 is 5.41 Å². The Morgan fingerprint density at radius 1 is 1.07 bits per heavy atom. The van der Waals surface area contributed by atoms with Crippen LogP contribution in [0.15, 0.2) is 42.5 Å². The number of nitrogens with zero attached hydrogens (tertiary/aromatic N) is 2. The van der Waals surface area contributed by atoms with Gasteiger partial charge in [0.05, 0.1) is 31.9 Å². The van der Waals surface area contributed by atoms with E-state index in [1.165, 1.54) is 19.3 Å². The molecule has 0 N–H and O–H groups in total. The molecule has 1 aromatic heterocycles. The van der Waals surface area contributed by atoms with E-state index in [0.717, 1.165) is 29.8 Å². The second-order valence-corrected chi connectivity index (χ2v) is 8.35. The monoisotopic (exact) mass is 380 g/mol. The summed E-state index contributed by atoms with van der Waals surface area (Å²) in [6, 6.07) is 13.7. The Hall–Kier alpha value is -2.56. The van der Waals surface area contributed by atoms with Gasteiger partial charge < -0.3 is 14.4 Å². The molecule has 5 heteroatoms. The van der Waals surface area contributed by atoms with Crippen LogP contribution < -0.4 is 9.47 Å². The third kappa shape index (κ3) is 3.13. The van der Waals surface area contributed by atoms with Gasteiger partial charge in [0.25, 0.3) is 0 Å². The van der Waals surface area contributed by atoms with Gasteiger partial charge in [-0.1, -0.05) is 24.6 Å². The fourth-order valence-corrected chi connectivity index (χ4v) is 4.99. The summed E-state index contributed by atoms with van der Waals surface area (Å²) in [6.07, 6.45) is 5.68. The molecule has 2 aliphatic carbocycles. The first-order chi connectivity index (χ1) is 13.5. The summed E-state index contributed by atoms with van der Waals surface area (Å²) in [6.45, 7) is 0.473. The predicted octanol–water partition coefficient (Wildman–Crippen LogP) is 3.96. The Morgan fingerprint density at radius 3 is 2.36 bits per heavy atom. The lowest BCUT2D eigenvalue weighted by Gasteiger charge is -2.61. The van der Waals surface area contributed by atoms with Gasteiger partial charge in [0.15, 0.2) is 0 Å². The summed E-state index contributed by atoms with van der Waals surface area (Å²) >= 11 is 0. The van der Waals surface area contributed by atoms with E-state index in [9.17, 15) is 4.79 Å². The molecular formula is C23H28N2O3. The highest BCUT2D eigenvalue weighted by Gasteiger charge is 2.61. The largest absolute Gasteiger partial charge is 0.497 e. The van der Waals surface area contributed by atoms with Gasteiger partial charge in [-0.3, -0.25) is 4.79 Å². The highest BCUT2D eigenvalue weighted by molar-refractivity contribution is 5.89. The van der Waals surface area contributed by atoms with Crippen molar-refractivity contribution in [3.05, 3.63) is 53.7 Å². The van der Waals surface area contributed by atoms with Crippen LogP contribution in [0.1, 0.15) is 43.4 Å². The van der Waals surface area contributed by atoms with Crippen LogP contribution >= 0.6 is 0 Å². The molecule has 148 valence electrons. The SMILES string of the molecule is COc1ccc(C2(C(=O)N(C)Cc3cccc(OC)n3)CC3(CCC3)C2)cc1. The molecule has 5 nitrogen and oxygen atoms in total. The minimum Gasteiger partial charge on any atom is -0.497 e. The lowest BCUT2D eigenvalue weighted by Crippen LogP contribution is -2.60. The minimum absolute atomic E-state index is 0.180. The molecule has 28 heavy (non-hydrogen) atoms. The Kier molecular flexibility index (Phi) is 4.77. The van der Waals surface area contributed by atoms with Crippen LogP contribution in [0.2, 0.25) is 0 Å². The molecule has 4 rings (SSSR count). The van der Waals surface area contributed by atoms with E-state index in [1.54, 1.807) is 14.2 Å².